The Morgan fingerprint density at radius 3 is 2.76 bits per heavy atom. The van der Waals surface area contributed by atoms with Crippen LogP contribution < -0.4 is 5.56 Å². The van der Waals surface area contributed by atoms with Crippen molar-refractivity contribution in [3.8, 4) is 11.3 Å². The van der Waals surface area contributed by atoms with Crippen molar-refractivity contribution >= 4 is 11.8 Å². The van der Waals surface area contributed by atoms with Gasteiger partial charge in [0.2, 0.25) is 0 Å². The molecular weight excluding hydrogens is 328 g/mol. The molecule has 4 heteroatoms. The molecule has 1 heterocycles. The first kappa shape index (κ1) is 16.6. The molecule has 4 rings (SSSR count). The summed E-state index contributed by atoms with van der Waals surface area (Å²) in [5.74, 6) is 0. The van der Waals surface area contributed by atoms with Crippen LogP contribution in [0.25, 0.3) is 11.3 Å². The first-order valence-corrected chi connectivity index (χ1v) is 10.3. The van der Waals surface area contributed by atoms with Gasteiger partial charge in [0.1, 0.15) is 0 Å². The van der Waals surface area contributed by atoms with Gasteiger partial charge in [0, 0.05) is 23.1 Å². The molecule has 0 aliphatic heterocycles. The van der Waals surface area contributed by atoms with Crippen molar-refractivity contribution in [2.24, 2.45) is 0 Å². The van der Waals surface area contributed by atoms with Crippen molar-refractivity contribution in [2.45, 2.75) is 55.6 Å². The summed E-state index contributed by atoms with van der Waals surface area (Å²) in [5, 5.41) is 0.776. The topological polar surface area (TPSA) is 34.9 Å². The number of fused-ring (bicyclic) bond motifs is 4. The minimum atomic E-state index is 0.119. The summed E-state index contributed by atoms with van der Waals surface area (Å²) in [6, 6.07) is 8.62. The van der Waals surface area contributed by atoms with E-state index in [1.165, 1.54) is 55.0 Å². The molecule has 25 heavy (non-hydrogen) atoms. The van der Waals surface area contributed by atoms with Gasteiger partial charge in [-0.15, -0.1) is 6.58 Å². The lowest BCUT2D eigenvalue weighted by Crippen LogP contribution is -2.39. The number of benzene rings is 1. The number of nitrogens with zero attached hydrogens (tertiary/aromatic N) is 2. The fourth-order valence-electron chi connectivity index (χ4n) is 4.66. The van der Waals surface area contributed by atoms with Gasteiger partial charge in [0.15, 0.2) is 5.16 Å². The number of hydrogen-bond acceptors (Lipinski definition) is 3. The molecule has 0 bridgehead atoms. The SMILES string of the molecule is C=CCn1c(SC)nc2c(c1=O)CC1(CCCCC1)c1ccccc1-2. The predicted octanol–water partition coefficient (Wildman–Crippen LogP) is 4.58. The van der Waals surface area contributed by atoms with Crippen molar-refractivity contribution in [1.29, 1.82) is 0 Å². The van der Waals surface area contributed by atoms with E-state index in [4.69, 9.17) is 4.98 Å². The average molecular weight is 353 g/mol. The summed E-state index contributed by atoms with van der Waals surface area (Å²) in [6.45, 7) is 4.32. The van der Waals surface area contributed by atoms with Crippen LogP contribution in [0.2, 0.25) is 0 Å². The lowest BCUT2D eigenvalue weighted by Gasteiger charge is -2.42. The Kier molecular flexibility index (Phi) is 4.32. The molecule has 2 aliphatic carbocycles. The number of aromatic nitrogens is 2. The largest absolute Gasteiger partial charge is 0.284 e. The van der Waals surface area contributed by atoms with Crippen LogP contribution in [-0.2, 0) is 18.4 Å². The summed E-state index contributed by atoms with van der Waals surface area (Å²) >= 11 is 1.53. The second-order valence-corrected chi connectivity index (χ2v) is 7.97. The maximum atomic E-state index is 13.3. The average Bonchev–Trinajstić information content (AvgIpc) is 2.66. The molecule has 0 N–H and O–H groups in total. The zero-order valence-corrected chi connectivity index (χ0v) is 15.6. The number of hydrogen-bond donors (Lipinski definition) is 0. The van der Waals surface area contributed by atoms with Crippen LogP contribution in [0.15, 0.2) is 46.9 Å². The van der Waals surface area contributed by atoms with Crippen LogP contribution in [0.4, 0.5) is 0 Å². The molecule has 1 spiro atoms. The van der Waals surface area contributed by atoms with Gasteiger partial charge in [-0.1, -0.05) is 61.4 Å². The highest BCUT2D eigenvalue weighted by molar-refractivity contribution is 7.98. The first-order valence-electron chi connectivity index (χ1n) is 9.09. The molecule has 0 atom stereocenters. The lowest BCUT2D eigenvalue weighted by molar-refractivity contribution is 0.286. The Bertz CT molecular complexity index is 878. The van der Waals surface area contributed by atoms with Crippen molar-refractivity contribution < 1.29 is 0 Å². The third-order valence-corrected chi connectivity index (χ3v) is 6.48. The third-order valence-electron chi connectivity index (χ3n) is 5.80. The van der Waals surface area contributed by atoms with Gasteiger partial charge in [0.05, 0.1) is 5.69 Å². The van der Waals surface area contributed by atoms with E-state index in [1.807, 2.05) is 6.26 Å². The van der Waals surface area contributed by atoms with Gasteiger partial charge in [-0.3, -0.25) is 9.36 Å². The molecule has 1 fully saturated rings. The molecule has 1 aromatic heterocycles. The van der Waals surface area contributed by atoms with Crippen LogP contribution in [0.3, 0.4) is 0 Å². The van der Waals surface area contributed by atoms with Crippen LogP contribution in [-0.4, -0.2) is 15.8 Å². The van der Waals surface area contributed by atoms with E-state index < -0.39 is 0 Å². The van der Waals surface area contributed by atoms with E-state index >= 15 is 0 Å². The van der Waals surface area contributed by atoms with Gasteiger partial charge < -0.3 is 0 Å². The monoisotopic (exact) mass is 352 g/mol. The molecule has 0 saturated heterocycles. The summed E-state index contributed by atoms with van der Waals surface area (Å²) < 4.78 is 1.78. The standard InChI is InChI=1S/C21H24N2OS/c1-3-13-23-19(24)16-14-21(11-7-4-8-12-21)17-10-6-5-9-15(17)18(16)22-20(23)25-2/h3,5-6,9-10H,1,4,7-8,11-14H2,2H3. The summed E-state index contributed by atoms with van der Waals surface area (Å²) in [7, 11) is 0. The van der Waals surface area contributed by atoms with Gasteiger partial charge in [0.25, 0.3) is 5.56 Å². The highest BCUT2D eigenvalue weighted by Gasteiger charge is 2.41. The highest BCUT2D eigenvalue weighted by atomic mass is 32.2. The molecule has 3 nitrogen and oxygen atoms in total. The molecule has 130 valence electrons. The van der Waals surface area contributed by atoms with Crippen LogP contribution in [0.1, 0.15) is 43.2 Å². The van der Waals surface area contributed by atoms with E-state index in [1.54, 1.807) is 10.6 Å². The summed E-state index contributed by atoms with van der Waals surface area (Å²) in [4.78, 5) is 18.2. The molecule has 1 saturated carbocycles. The third kappa shape index (κ3) is 2.58. The lowest BCUT2D eigenvalue weighted by atomic mass is 9.62. The van der Waals surface area contributed by atoms with Gasteiger partial charge in [-0.25, -0.2) is 4.98 Å². The second kappa shape index (κ2) is 6.49. The van der Waals surface area contributed by atoms with Crippen LogP contribution in [0.5, 0.6) is 0 Å². The van der Waals surface area contributed by atoms with Crippen molar-refractivity contribution in [3.63, 3.8) is 0 Å². The smallest absolute Gasteiger partial charge is 0.258 e. The first-order chi connectivity index (χ1) is 12.2. The molecule has 0 unspecified atom stereocenters. The minimum absolute atomic E-state index is 0.119. The molecule has 2 aromatic rings. The minimum Gasteiger partial charge on any atom is -0.284 e. The molecule has 2 aliphatic rings. The van der Waals surface area contributed by atoms with E-state index in [-0.39, 0.29) is 11.0 Å². The maximum absolute atomic E-state index is 13.3. The van der Waals surface area contributed by atoms with Gasteiger partial charge in [-0.05, 0) is 31.1 Å². The van der Waals surface area contributed by atoms with E-state index in [0.717, 1.165) is 22.8 Å². The number of thioether (sulfide) groups is 1. The zero-order chi connectivity index (χ0) is 17.4. The maximum Gasteiger partial charge on any atom is 0.258 e. The number of rotatable bonds is 3. The fourth-order valence-corrected chi connectivity index (χ4v) is 5.22. The quantitative estimate of drug-likeness (QED) is 0.461. The van der Waals surface area contributed by atoms with E-state index in [2.05, 4.69) is 30.8 Å². The summed E-state index contributed by atoms with van der Waals surface area (Å²) in [5.41, 5.74) is 4.62. The molecule has 1 aromatic carbocycles. The van der Waals surface area contributed by atoms with Crippen LogP contribution >= 0.6 is 11.8 Å². The van der Waals surface area contributed by atoms with Crippen molar-refractivity contribution in [1.82, 2.24) is 9.55 Å². The Labute approximate surface area is 153 Å². The Hall–Kier alpha value is -1.81. The fraction of sp³-hybridized carbons (Fsp3) is 0.429. The normalized spacial score (nSPS) is 17.8. The molecule has 0 amide bonds. The van der Waals surface area contributed by atoms with E-state index in [0.29, 0.717) is 6.54 Å². The van der Waals surface area contributed by atoms with Crippen molar-refractivity contribution in [2.75, 3.05) is 6.26 Å². The predicted molar refractivity (Wildman–Crippen MR) is 104 cm³/mol. The second-order valence-electron chi connectivity index (χ2n) is 7.19. The Morgan fingerprint density at radius 1 is 1.28 bits per heavy atom. The molecular formula is C21H24N2OS. The van der Waals surface area contributed by atoms with Crippen molar-refractivity contribution in [3.05, 3.63) is 58.4 Å². The summed E-state index contributed by atoms with van der Waals surface area (Å²) in [6.07, 6.45) is 10.7. The number of allylic oxidation sites excluding steroid dienone is 1. The molecule has 0 radical (unpaired) electrons. The van der Waals surface area contributed by atoms with Gasteiger partial charge in [-0.2, -0.15) is 0 Å². The highest BCUT2D eigenvalue weighted by Crippen LogP contribution is 2.49. The van der Waals surface area contributed by atoms with E-state index in [9.17, 15) is 4.79 Å². The van der Waals surface area contributed by atoms with Crippen LogP contribution in [0, 0.1) is 0 Å². The zero-order valence-electron chi connectivity index (χ0n) is 14.8. The Morgan fingerprint density at radius 2 is 2.04 bits per heavy atom. The Balaban J connectivity index is 1.99. The van der Waals surface area contributed by atoms with Gasteiger partial charge >= 0.3 is 0 Å².